The molecule has 1 heterocycles. The molecule has 0 amide bonds. The first kappa shape index (κ1) is 16.8. The van der Waals surface area contributed by atoms with Gasteiger partial charge < -0.3 is 4.74 Å². The van der Waals surface area contributed by atoms with E-state index in [1.807, 2.05) is 54.6 Å². The summed E-state index contributed by atoms with van der Waals surface area (Å²) in [4.78, 5) is 24.5. The number of carbonyl (C=O) groups is 1. The van der Waals surface area contributed by atoms with Gasteiger partial charge >= 0.3 is 0 Å². The van der Waals surface area contributed by atoms with Crippen molar-refractivity contribution in [3.63, 3.8) is 0 Å². The Kier molecular flexibility index (Phi) is 4.45. The molecule has 1 aliphatic carbocycles. The minimum Gasteiger partial charge on any atom is -0.478 e. The van der Waals surface area contributed by atoms with E-state index in [1.54, 1.807) is 0 Å². The van der Waals surface area contributed by atoms with E-state index >= 15 is 0 Å². The molecule has 0 aromatic heterocycles. The number of ether oxygens (including phenoxy) is 1. The number of benzene rings is 2. The van der Waals surface area contributed by atoms with Gasteiger partial charge in [0.15, 0.2) is 6.10 Å². The number of Topliss-reactive ketones (excluding diaryl/α,β-unsaturated/α-hetero) is 1. The van der Waals surface area contributed by atoms with Crippen LogP contribution in [0.5, 0.6) is 5.75 Å². The average molecular weight is 351 g/mol. The van der Waals surface area contributed by atoms with Gasteiger partial charge in [0.1, 0.15) is 11.5 Å². The second kappa shape index (κ2) is 6.90. The Bertz CT molecular complexity index is 820. The number of hydrogen-bond acceptors (Lipinski definition) is 4. The number of nitro groups is 1. The van der Waals surface area contributed by atoms with Crippen molar-refractivity contribution >= 4 is 5.78 Å². The van der Waals surface area contributed by atoms with Crippen molar-refractivity contribution in [1.29, 1.82) is 0 Å². The third-order valence-electron chi connectivity index (χ3n) is 5.62. The van der Waals surface area contributed by atoms with Gasteiger partial charge in [-0.2, -0.15) is 0 Å². The molecule has 2 aromatic rings. The predicted molar refractivity (Wildman–Crippen MR) is 96.7 cm³/mol. The molecule has 0 bridgehead atoms. The quantitative estimate of drug-likeness (QED) is 0.610. The molecule has 2 aliphatic rings. The van der Waals surface area contributed by atoms with Crippen LogP contribution in [0.4, 0.5) is 0 Å². The predicted octanol–water partition coefficient (Wildman–Crippen LogP) is 4.31. The number of fused-ring (bicyclic) bond motifs is 1. The van der Waals surface area contributed by atoms with E-state index in [0.29, 0.717) is 18.6 Å². The third-order valence-corrected chi connectivity index (χ3v) is 5.62. The molecule has 0 N–H and O–H groups in total. The second-order valence-electron chi connectivity index (χ2n) is 7.11. The smallest absolute Gasteiger partial charge is 0.261 e. The molecular formula is C21H21NO4. The second-order valence-corrected chi connectivity index (χ2v) is 7.11. The van der Waals surface area contributed by atoms with Crippen LogP contribution in [0.25, 0.3) is 0 Å². The Balaban J connectivity index is 1.85. The zero-order valence-electron chi connectivity index (χ0n) is 14.4. The number of nitrogens with zero attached hydrogens (tertiary/aromatic N) is 1. The molecule has 0 unspecified atom stereocenters. The van der Waals surface area contributed by atoms with Crippen LogP contribution in [-0.4, -0.2) is 16.7 Å². The molecule has 4 rings (SSSR count). The fourth-order valence-corrected chi connectivity index (χ4v) is 4.44. The Morgan fingerprint density at radius 1 is 1.00 bits per heavy atom. The molecule has 0 spiro atoms. The highest BCUT2D eigenvalue weighted by Gasteiger charge is 2.52. The van der Waals surface area contributed by atoms with Crippen molar-refractivity contribution in [1.82, 2.24) is 0 Å². The summed E-state index contributed by atoms with van der Waals surface area (Å²) >= 11 is 0. The maximum Gasteiger partial charge on any atom is 0.261 e. The van der Waals surface area contributed by atoms with Gasteiger partial charge in [-0.3, -0.25) is 14.9 Å². The van der Waals surface area contributed by atoms with Crippen LogP contribution in [0.3, 0.4) is 0 Å². The van der Waals surface area contributed by atoms with E-state index < -0.39 is 18.1 Å². The van der Waals surface area contributed by atoms with Crippen molar-refractivity contribution in [2.75, 3.05) is 0 Å². The van der Waals surface area contributed by atoms with Gasteiger partial charge in [0.05, 0.1) is 5.92 Å². The van der Waals surface area contributed by atoms with Crippen LogP contribution < -0.4 is 4.74 Å². The average Bonchev–Trinajstić information content (AvgIpc) is 2.67. The lowest BCUT2D eigenvalue weighted by molar-refractivity contribution is -0.541. The van der Waals surface area contributed by atoms with Crippen LogP contribution >= 0.6 is 0 Å². The molecule has 2 aromatic carbocycles. The van der Waals surface area contributed by atoms with E-state index in [-0.39, 0.29) is 16.6 Å². The largest absolute Gasteiger partial charge is 0.478 e. The molecule has 0 radical (unpaired) electrons. The molecule has 134 valence electrons. The van der Waals surface area contributed by atoms with Gasteiger partial charge in [-0.05, 0) is 24.5 Å². The summed E-state index contributed by atoms with van der Waals surface area (Å²) in [6, 6.07) is 15.8. The fraction of sp³-hybridized carbons (Fsp3) is 0.381. The third kappa shape index (κ3) is 2.87. The summed E-state index contributed by atoms with van der Waals surface area (Å²) in [5, 5.41) is 12.1. The highest BCUT2D eigenvalue weighted by Crippen LogP contribution is 2.49. The highest BCUT2D eigenvalue weighted by atomic mass is 16.6. The van der Waals surface area contributed by atoms with Gasteiger partial charge in [-0.25, -0.2) is 0 Å². The molecule has 1 aliphatic heterocycles. The number of ketones is 1. The van der Waals surface area contributed by atoms with Gasteiger partial charge in [-0.1, -0.05) is 55.0 Å². The number of para-hydroxylation sites is 1. The molecule has 5 heteroatoms. The summed E-state index contributed by atoms with van der Waals surface area (Å²) in [6.45, 7) is 0. The van der Waals surface area contributed by atoms with E-state index in [1.165, 1.54) is 0 Å². The minimum absolute atomic E-state index is 0.150. The Morgan fingerprint density at radius 3 is 2.46 bits per heavy atom. The SMILES string of the molecule is O=C1CCCC[C@@H]1[C@H]1c2ccccc2O[C@H](c2ccccc2)[C@@H]1[N+](=O)[O-]. The van der Waals surface area contributed by atoms with Gasteiger partial charge in [0.2, 0.25) is 0 Å². The maximum absolute atomic E-state index is 12.7. The fourth-order valence-electron chi connectivity index (χ4n) is 4.44. The maximum atomic E-state index is 12.7. The summed E-state index contributed by atoms with van der Waals surface area (Å²) in [7, 11) is 0. The summed E-state index contributed by atoms with van der Waals surface area (Å²) in [5.41, 5.74) is 1.57. The Morgan fingerprint density at radius 2 is 1.73 bits per heavy atom. The molecular weight excluding hydrogens is 330 g/mol. The van der Waals surface area contributed by atoms with Crippen molar-refractivity contribution in [3.05, 3.63) is 75.8 Å². The van der Waals surface area contributed by atoms with Crippen LogP contribution in [-0.2, 0) is 4.79 Å². The van der Waals surface area contributed by atoms with E-state index in [9.17, 15) is 14.9 Å². The number of hydrogen-bond donors (Lipinski definition) is 0. The first-order chi connectivity index (χ1) is 12.7. The minimum atomic E-state index is -0.973. The number of carbonyl (C=O) groups excluding carboxylic acids is 1. The molecule has 5 nitrogen and oxygen atoms in total. The van der Waals surface area contributed by atoms with Crippen LogP contribution in [0.15, 0.2) is 54.6 Å². The van der Waals surface area contributed by atoms with E-state index in [0.717, 1.165) is 24.0 Å². The first-order valence-corrected chi connectivity index (χ1v) is 9.13. The molecule has 0 saturated heterocycles. The topological polar surface area (TPSA) is 69.4 Å². The lowest BCUT2D eigenvalue weighted by Crippen LogP contribution is -2.45. The summed E-state index contributed by atoms with van der Waals surface area (Å²) in [5.74, 6) is 0.0443. The Labute approximate surface area is 152 Å². The molecule has 1 fully saturated rings. The lowest BCUT2D eigenvalue weighted by atomic mass is 9.69. The lowest BCUT2D eigenvalue weighted by Gasteiger charge is -2.39. The van der Waals surface area contributed by atoms with Crippen molar-refractivity contribution < 1.29 is 14.5 Å². The van der Waals surface area contributed by atoms with Gasteiger partial charge in [0.25, 0.3) is 6.04 Å². The van der Waals surface area contributed by atoms with E-state index in [2.05, 4.69) is 0 Å². The van der Waals surface area contributed by atoms with Crippen molar-refractivity contribution in [2.45, 2.75) is 43.7 Å². The molecule has 26 heavy (non-hydrogen) atoms. The highest BCUT2D eigenvalue weighted by molar-refractivity contribution is 5.83. The van der Waals surface area contributed by atoms with Crippen LogP contribution in [0.2, 0.25) is 0 Å². The van der Waals surface area contributed by atoms with Crippen molar-refractivity contribution in [3.8, 4) is 5.75 Å². The van der Waals surface area contributed by atoms with Crippen LogP contribution in [0, 0.1) is 16.0 Å². The Hall–Kier alpha value is -2.69. The van der Waals surface area contributed by atoms with Crippen molar-refractivity contribution in [2.24, 2.45) is 5.92 Å². The zero-order chi connectivity index (χ0) is 18.1. The van der Waals surface area contributed by atoms with Crippen LogP contribution in [0.1, 0.15) is 48.8 Å². The molecule has 1 saturated carbocycles. The normalized spacial score (nSPS) is 28.1. The zero-order valence-corrected chi connectivity index (χ0v) is 14.4. The van der Waals surface area contributed by atoms with Gasteiger partial charge in [-0.15, -0.1) is 0 Å². The first-order valence-electron chi connectivity index (χ1n) is 9.13. The van der Waals surface area contributed by atoms with E-state index in [4.69, 9.17) is 4.74 Å². The number of rotatable bonds is 3. The monoisotopic (exact) mass is 351 g/mol. The summed E-state index contributed by atoms with van der Waals surface area (Å²) in [6.07, 6.45) is 2.36. The molecule has 4 atom stereocenters. The standard InChI is InChI=1S/C21H21NO4/c23-17-12-6-4-10-15(17)19-16-11-5-7-13-18(16)26-21(20(19)22(24)25)14-8-2-1-3-9-14/h1-3,5,7-9,11,13,15,19-21H,4,6,10,12H2/t15-,19-,20+,21+/m0/s1. The summed E-state index contributed by atoms with van der Waals surface area (Å²) < 4.78 is 6.10. The van der Waals surface area contributed by atoms with Gasteiger partial charge in [0, 0.05) is 22.8 Å².